The van der Waals surface area contributed by atoms with Crippen LogP contribution in [0.15, 0.2) is 88.9 Å². The Morgan fingerprint density at radius 1 is 0.974 bits per heavy atom. The van der Waals surface area contributed by atoms with Gasteiger partial charge in [0.1, 0.15) is 16.5 Å². The number of carbonyl (C=O) groups is 3. The molecule has 0 saturated heterocycles. The summed E-state index contributed by atoms with van der Waals surface area (Å²) in [5, 5.41) is 8.31. The van der Waals surface area contributed by atoms with Crippen LogP contribution in [0.2, 0.25) is 5.02 Å². The average molecular weight is 565 g/mol. The number of aromatic nitrogens is 1. The van der Waals surface area contributed by atoms with E-state index in [4.69, 9.17) is 27.9 Å². The molecule has 3 amide bonds. The number of nitrogens with one attached hydrogen (secondary N) is 2. The van der Waals surface area contributed by atoms with Gasteiger partial charge >= 0.3 is 0 Å². The van der Waals surface area contributed by atoms with Gasteiger partial charge < -0.3 is 10.1 Å². The summed E-state index contributed by atoms with van der Waals surface area (Å²) in [6, 6.07) is 20.2. The van der Waals surface area contributed by atoms with E-state index in [1.54, 1.807) is 60.7 Å². The molecule has 190 valence electrons. The van der Waals surface area contributed by atoms with E-state index in [0.717, 1.165) is 10.5 Å². The Hall–Kier alpha value is -4.18. The van der Waals surface area contributed by atoms with Crippen molar-refractivity contribution < 1.29 is 19.1 Å². The number of rotatable bonds is 7. The van der Waals surface area contributed by atoms with Crippen molar-refractivity contribution in [2.45, 2.75) is 0 Å². The molecule has 2 heterocycles. The summed E-state index contributed by atoms with van der Waals surface area (Å²) in [4.78, 5) is 44.1. The number of imide groups is 1. The third-order valence-electron chi connectivity index (χ3n) is 5.62. The Morgan fingerprint density at radius 3 is 2.42 bits per heavy atom. The third kappa shape index (κ3) is 5.12. The lowest BCUT2D eigenvalue weighted by Gasteiger charge is -2.15. The van der Waals surface area contributed by atoms with Crippen LogP contribution in [0.3, 0.4) is 0 Å². The number of nitrogens with zero attached hydrogens (tertiary/aromatic N) is 2. The molecule has 0 fully saturated rings. The zero-order valence-electron chi connectivity index (χ0n) is 19.7. The first-order valence-electron chi connectivity index (χ1n) is 11.2. The fourth-order valence-corrected chi connectivity index (χ4v) is 4.77. The summed E-state index contributed by atoms with van der Waals surface area (Å²) < 4.78 is 5.12. The number of hydrogen-bond donors (Lipinski definition) is 2. The number of hydrogen-bond acceptors (Lipinski definition) is 7. The van der Waals surface area contributed by atoms with E-state index in [1.807, 2.05) is 17.5 Å². The van der Waals surface area contributed by atoms with Crippen molar-refractivity contribution in [3.05, 3.63) is 99.5 Å². The van der Waals surface area contributed by atoms with Crippen molar-refractivity contribution >= 4 is 68.8 Å². The highest BCUT2D eigenvalue weighted by molar-refractivity contribution is 7.14. The lowest BCUT2D eigenvalue weighted by Crippen LogP contribution is -2.32. The minimum absolute atomic E-state index is 0.0856. The van der Waals surface area contributed by atoms with Gasteiger partial charge in [-0.3, -0.25) is 19.7 Å². The van der Waals surface area contributed by atoms with Gasteiger partial charge in [0.25, 0.3) is 17.7 Å². The van der Waals surface area contributed by atoms with E-state index in [-0.39, 0.29) is 16.6 Å². The number of benzene rings is 3. The normalized spacial score (nSPS) is 13.2. The van der Waals surface area contributed by atoms with Crippen molar-refractivity contribution in [3.8, 4) is 17.0 Å². The number of anilines is 3. The Morgan fingerprint density at radius 2 is 1.71 bits per heavy atom. The van der Waals surface area contributed by atoms with Gasteiger partial charge in [-0.25, -0.2) is 9.88 Å². The molecule has 1 aliphatic heterocycles. The third-order valence-corrected chi connectivity index (χ3v) is 6.98. The molecule has 5 rings (SSSR count). The maximum Gasteiger partial charge on any atom is 0.283 e. The van der Waals surface area contributed by atoms with E-state index in [1.165, 1.54) is 18.4 Å². The van der Waals surface area contributed by atoms with Crippen LogP contribution >= 0.6 is 34.5 Å². The van der Waals surface area contributed by atoms with Crippen LogP contribution in [0.25, 0.3) is 11.3 Å². The standard InChI is InChI=1S/C27H18Cl2N4O4S/c1-37-20-11-9-19(10-12-20)33-25(35)22(29)23(26(33)36)30-18-4-2-3-16(13-18)24(34)32-27-31-21(14-38-27)15-5-7-17(28)8-6-15/h2-14,30H,1H3,(H,31,32,34). The molecule has 0 saturated carbocycles. The molecule has 4 aromatic rings. The summed E-state index contributed by atoms with van der Waals surface area (Å²) in [7, 11) is 1.52. The van der Waals surface area contributed by atoms with Crippen LogP contribution in [0.4, 0.5) is 16.5 Å². The smallest absolute Gasteiger partial charge is 0.283 e. The molecule has 0 unspecified atom stereocenters. The van der Waals surface area contributed by atoms with Crippen LogP contribution < -0.4 is 20.3 Å². The molecule has 0 aliphatic carbocycles. The molecule has 8 nitrogen and oxygen atoms in total. The van der Waals surface area contributed by atoms with E-state index in [9.17, 15) is 14.4 Å². The van der Waals surface area contributed by atoms with Crippen LogP contribution in [0, 0.1) is 0 Å². The minimum atomic E-state index is -0.654. The quantitative estimate of drug-likeness (QED) is 0.261. The van der Waals surface area contributed by atoms with Crippen LogP contribution in [-0.2, 0) is 9.59 Å². The van der Waals surface area contributed by atoms with Crippen molar-refractivity contribution in [1.82, 2.24) is 4.98 Å². The topological polar surface area (TPSA) is 101 Å². The van der Waals surface area contributed by atoms with Crippen molar-refractivity contribution in [2.75, 3.05) is 22.6 Å². The summed E-state index contributed by atoms with van der Waals surface area (Å²) in [5.74, 6) is -1.07. The first-order chi connectivity index (χ1) is 18.3. The van der Waals surface area contributed by atoms with Crippen molar-refractivity contribution in [3.63, 3.8) is 0 Å². The monoisotopic (exact) mass is 564 g/mol. The van der Waals surface area contributed by atoms with Crippen LogP contribution in [-0.4, -0.2) is 29.8 Å². The molecule has 3 aromatic carbocycles. The molecule has 1 aromatic heterocycles. The number of halogens is 2. The van der Waals surface area contributed by atoms with Gasteiger partial charge in [0.2, 0.25) is 0 Å². The van der Waals surface area contributed by atoms with Gasteiger partial charge in [0, 0.05) is 27.2 Å². The number of methoxy groups -OCH3 is 1. The van der Waals surface area contributed by atoms with E-state index in [0.29, 0.717) is 38.5 Å². The predicted octanol–water partition coefficient (Wildman–Crippen LogP) is 6.16. The van der Waals surface area contributed by atoms with Gasteiger partial charge in [-0.2, -0.15) is 0 Å². The summed E-state index contributed by atoms with van der Waals surface area (Å²) in [6.45, 7) is 0. The van der Waals surface area contributed by atoms with E-state index < -0.39 is 11.8 Å². The largest absolute Gasteiger partial charge is 0.497 e. The maximum atomic E-state index is 13.1. The molecule has 0 bridgehead atoms. The van der Waals surface area contributed by atoms with Gasteiger partial charge in [0.05, 0.1) is 18.5 Å². The lowest BCUT2D eigenvalue weighted by atomic mass is 10.2. The first kappa shape index (κ1) is 25.5. The van der Waals surface area contributed by atoms with Gasteiger partial charge in [-0.05, 0) is 54.6 Å². The van der Waals surface area contributed by atoms with E-state index in [2.05, 4.69) is 15.6 Å². The molecule has 1 aliphatic rings. The number of amides is 3. The number of ether oxygens (including phenoxy) is 1. The molecule has 0 spiro atoms. The summed E-state index contributed by atoms with van der Waals surface area (Å²) in [5.41, 5.74) is 2.58. The van der Waals surface area contributed by atoms with Crippen LogP contribution in [0.1, 0.15) is 10.4 Å². The van der Waals surface area contributed by atoms with Crippen molar-refractivity contribution in [1.29, 1.82) is 0 Å². The molecular formula is C27H18Cl2N4O4S. The lowest BCUT2D eigenvalue weighted by molar-refractivity contribution is -0.120. The zero-order chi connectivity index (χ0) is 26.8. The SMILES string of the molecule is COc1ccc(N2C(=O)C(Cl)=C(Nc3cccc(C(=O)Nc4nc(-c5ccc(Cl)cc5)cs4)c3)C2=O)cc1. The first-order valence-corrected chi connectivity index (χ1v) is 12.8. The minimum Gasteiger partial charge on any atom is -0.497 e. The fourth-order valence-electron chi connectivity index (χ4n) is 3.71. The highest BCUT2D eigenvalue weighted by atomic mass is 35.5. The molecule has 0 radical (unpaired) electrons. The predicted molar refractivity (Wildman–Crippen MR) is 149 cm³/mol. The molecular weight excluding hydrogens is 547 g/mol. The molecule has 11 heteroatoms. The summed E-state index contributed by atoms with van der Waals surface area (Å²) >= 11 is 13.5. The molecule has 0 atom stereocenters. The fraction of sp³-hybridized carbons (Fsp3) is 0.0370. The van der Waals surface area contributed by atoms with Gasteiger partial charge in [-0.1, -0.05) is 41.4 Å². The Labute approximate surface area is 231 Å². The van der Waals surface area contributed by atoms with Crippen molar-refractivity contribution in [2.24, 2.45) is 0 Å². The second kappa shape index (κ2) is 10.7. The highest BCUT2D eigenvalue weighted by Gasteiger charge is 2.39. The second-order valence-corrected chi connectivity index (χ2v) is 9.71. The van der Waals surface area contributed by atoms with Gasteiger partial charge in [0.15, 0.2) is 5.13 Å². The average Bonchev–Trinajstić information content (AvgIpc) is 3.47. The van der Waals surface area contributed by atoms with Gasteiger partial charge in [-0.15, -0.1) is 11.3 Å². The second-order valence-electron chi connectivity index (χ2n) is 8.04. The molecule has 2 N–H and O–H groups in total. The molecule has 38 heavy (non-hydrogen) atoms. The van der Waals surface area contributed by atoms with E-state index >= 15 is 0 Å². The number of thiazole rings is 1. The van der Waals surface area contributed by atoms with Crippen LogP contribution in [0.5, 0.6) is 5.75 Å². The maximum absolute atomic E-state index is 13.1. The Kier molecular flexibility index (Phi) is 7.15. The Bertz CT molecular complexity index is 1580. The summed E-state index contributed by atoms with van der Waals surface area (Å²) in [6.07, 6.45) is 0. The Balaban J connectivity index is 1.30. The zero-order valence-corrected chi connectivity index (χ0v) is 22.0. The number of carbonyl (C=O) groups excluding carboxylic acids is 3. The highest BCUT2D eigenvalue weighted by Crippen LogP contribution is 2.31.